The maximum absolute atomic E-state index is 12.7. The largest absolute Gasteiger partial charge is 0.352 e. The van der Waals surface area contributed by atoms with Crippen molar-refractivity contribution in [1.29, 1.82) is 0 Å². The van der Waals surface area contributed by atoms with E-state index in [-0.39, 0.29) is 11.8 Å². The molecule has 0 bridgehead atoms. The third-order valence-corrected chi connectivity index (χ3v) is 4.90. The Labute approximate surface area is 149 Å². The van der Waals surface area contributed by atoms with Gasteiger partial charge in [0.25, 0.3) is 5.91 Å². The maximum Gasteiger partial charge on any atom is 0.254 e. The lowest BCUT2D eigenvalue weighted by molar-refractivity contribution is 0.0949. The van der Waals surface area contributed by atoms with Gasteiger partial charge in [0.1, 0.15) is 0 Å². The van der Waals surface area contributed by atoms with E-state index >= 15 is 0 Å². The fourth-order valence-electron chi connectivity index (χ4n) is 3.54. The Morgan fingerprint density at radius 3 is 2.88 bits per heavy atom. The number of hydrogen-bond donors (Lipinski definition) is 1. The molecule has 2 aromatic heterocycles. The molecule has 1 unspecified atom stereocenters. The Morgan fingerprint density at radius 1 is 1.40 bits per heavy atom. The van der Waals surface area contributed by atoms with Gasteiger partial charge in [-0.05, 0) is 50.9 Å². The smallest absolute Gasteiger partial charge is 0.254 e. The monoisotopic (exact) mass is 341 g/mol. The lowest BCUT2D eigenvalue weighted by Gasteiger charge is -2.19. The molecule has 25 heavy (non-hydrogen) atoms. The molecule has 0 aromatic carbocycles. The summed E-state index contributed by atoms with van der Waals surface area (Å²) >= 11 is 0. The van der Waals surface area contributed by atoms with E-state index in [1.165, 1.54) is 12.8 Å². The van der Waals surface area contributed by atoms with Crippen molar-refractivity contribution < 1.29 is 4.79 Å². The lowest BCUT2D eigenvalue weighted by atomic mass is 10.1. The molecule has 134 valence electrons. The molecular weight excluding hydrogens is 314 g/mol. The Kier molecular flexibility index (Phi) is 5.48. The van der Waals surface area contributed by atoms with Crippen molar-refractivity contribution in [3.8, 4) is 5.82 Å². The van der Waals surface area contributed by atoms with Crippen LogP contribution in [0.5, 0.6) is 0 Å². The van der Waals surface area contributed by atoms with Crippen molar-refractivity contribution in [2.24, 2.45) is 0 Å². The third kappa shape index (κ3) is 3.90. The summed E-state index contributed by atoms with van der Waals surface area (Å²) in [6.45, 7) is 5.99. The minimum atomic E-state index is -0.0495. The Morgan fingerprint density at radius 2 is 2.24 bits per heavy atom. The number of amides is 1. The van der Waals surface area contributed by atoms with Gasteiger partial charge in [-0.15, -0.1) is 0 Å². The van der Waals surface area contributed by atoms with Gasteiger partial charge in [-0.2, -0.15) is 5.10 Å². The van der Waals surface area contributed by atoms with E-state index in [2.05, 4.69) is 41.2 Å². The Hall–Kier alpha value is -2.21. The van der Waals surface area contributed by atoms with Gasteiger partial charge in [0.2, 0.25) is 0 Å². The second-order valence-electron chi connectivity index (χ2n) is 7.02. The van der Waals surface area contributed by atoms with E-state index in [4.69, 9.17) is 0 Å². The van der Waals surface area contributed by atoms with Crippen LogP contribution in [0.25, 0.3) is 5.82 Å². The number of pyridine rings is 1. The Balaban J connectivity index is 1.71. The summed E-state index contributed by atoms with van der Waals surface area (Å²) in [5.74, 6) is 0.857. The molecule has 1 saturated heterocycles. The molecule has 2 aromatic rings. The van der Waals surface area contributed by atoms with Gasteiger partial charge in [-0.25, -0.2) is 9.67 Å². The first kappa shape index (κ1) is 17.6. The first-order valence-electron chi connectivity index (χ1n) is 9.05. The fourth-order valence-corrected chi connectivity index (χ4v) is 3.54. The number of rotatable bonds is 6. The fraction of sp³-hybridized carbons (Fsp3) is 0.526. The summed E-state index contributed by atoms with van der Waals surface area (Å²) in [6, 6.07) is 6.28. The minimum Gasteiger partial charge on any atom is -0.352 e. The van der Waals surface area contributed by atoms with Crippen LogP contribution in [-0.2, 0) is 0 Å². The van der Waals surface area contributed by atoms with Gasteiger partial charge in [0, 0.05) is 18.8 Å². The highest BCUT2D eigenvalue weighted by Gasteiger charge is 2.23. The van der Waals surface area contributed by atoms with Gasteiger partial charge in [0.15, 0.2) is 5.82 Å². The van der Waals surface area contributed by atoms with Crippen molar-refractivity contribution in [3.63, 3.8) is 0 Å². The maximum atomic E-state index is 12.7. The number of nitrogens with one attached hydrogen (secondary N) is 1. The van der Waals surface area contributed by atoms with E-state index in [1.54, 1.807) is 17.1 Å². The first-order valence-corrected chi connectivity index (χ1v) is 9.05. The van der Waals surface area contributed by atoms with Crippen LogP contribution in [0.1, 0.15) is 55.1 Å². The first-order chi connectivity index (χ1) is 12.1. The van der Waals surface area contributed by atoms with Crippen LogP contribution in [0.3, 0.4) is 0 Å². The van der Waals surface area contributed by atoms with Crippen LogP contribution < -0.4 is 5.32 Å². The van der Waals surface area contributed by atoms with Gasteiger partial charge in [-0.1, -0.05) is 19.9 Å². The van der Waals surface area contributed by atoms with E-state index in [1.807, 2.05) is 18.2 Å². The molecule has 1 amide bonds. The summed E-state index contributed by atoms with van der Waals surface area (Å²) in [5.41, 5.74) is 1.54. The summed E-state index contributed by atoms with van der Waals surface area (Å²) in [6.07, 6.45) is 6.86. The highest BCUT2D eigenvalue weighted by molar-refractivity contribution is 5.95. The average molecular weight is 341 g/mol. The molecule has 1 aliphatic heterocycles. The van der Waals surface area contributed by atoms with E-state index < -0.39 is 0 Å². The van der Waals surface area contributed by atoms with Crippen LogP contribution in [0.15, 0.2) is 30.6 Å². The molecule has 1 aliphatic rings. The van der Waals surface area contributed by atoms with Gasteiger partial charge in [0.05, 0.1) is 17.5 Å². The van der Waals surface area contributed by atoms with E-state index in [0.29, 0.717) is 18.2 Å². The number of carbonyl (C=O) groups excluding carboxylic acids is 1. The molecule has 1 atom stereocenters. The molecule has 1 N–H and O–H groups in total. The molecule has 0 radical (unpaired) electrons. The van der Waals surface area contributed by atoms with Gasteiger partial charge in [-0.3, -0.25) is 4.79 Å². The van der Waals surface area contributed by atoms with Gasteiger partial charge < -0.3 is 10.2 Å². The predicted molar refractivity (Wildman–Crippen MR) is 98.1 cm³/mol. The quantitative estimate of drug-likeness (QED) is 0.877. The molecule has 3 heterocycles. The standard InChI is InChI=1S/C19H27N5O/c1-14(2)18-16(13-22-24(18)17-8-4-5-10-20-17)19(25)21-11-9-15-7-6-12-23(15)3/h4-5,8,10,13-15H,6-7,9,11-12H2,1-3H3,(H,21,25). The number of likely N-dealkylation sites (tertiary alicyclic amines) is 1. The van der Waals surface area contributed by atoms with E-state index in [9.17, 15) is 4.79 Å². The van der Waals surface area contributed by atoms with E-state index in [0.717, 1.165) is 24.5 Å². The molecule has 0 aliphatic carbocycles. The molecule has 6 heteroatoms. The second-order valence-corrected chi connectivity index (χ2v) is 7.02. The molecule has 1 fully saturated rings. The number of hydrogen-bond acceptors (Lipinski definition) is 4. The van der Waals surface area contributed by atoms with Crippen LogP contribution >= 0.6 is 0 Å². The SMILES string of the molecule is CC(C)c1c(C(=O)NCCC2CCCN2C)cnn1-c1ccccn1. The zero-order valence-corrected chi connectivity index (χ0v) is 15.3. The Bertz CT molecular complexity index is 710. The van der Waals surface area contributed by atoms with Crippen molar-refractivity contribution in [2.45, 2.75) is 45.1 Å². The summed E-state index contributed by atoms with van der Waals surface area (Å²) in [7, 11) is 2.16. The summed E-state index contributed by atoms with van der Waals surface area (Å²) in [5, 5.41) is 7.48. The predicted octanol–water partition coefficient (Wildman–Crippen LogP) is 2.60. The number of nitrogens with zero attached hydrogens (tertiary/aromatic N) is 4. The summed E-state index contributed by atoms with van der Waals surface area (Å²) in [4.78, 5) is 19.4. The van der Waals surface area contributed by atoms with Crippen LogP contribution in [-0.4, -0.2) is 51.8 Å². The lowest BCUT2D eigenvalue weighted by Crippen LogP contribution is -2.32. The molecule has 0 spiro atoms. The normalized spacial score (nSPS) is 18.0. The third-order valence-electron chi connectivity index (χ3n) is 4.90. The minimum absolute atomic E-state index is 0.0495. The number of aromatic nitrogens is 3. The van der Waals surface area contributed by atoms with Crippen molar-refractivity contribution in [3.05, 3.63) is 41.9 Å². The molecule has 6 nitrogen and oxygen atoms in total. The number of carbonyl (C=O) groups is 1. The van der Waals surface area contributed by atoms with Crippen molar-refractivity contribution >= 4 is 5.91 Å². The average Bonchev–Trinajstić information content (AvgIpc) is 3.22. The van der Waals surface area contributed by atoms with Crippen molar-refractivity contribution in [1.82, 2.24) is 25.0 Å². The van der Waals surface area contributed by atoms with Crippen LogP contribution in [0.4, 0.5) is 0 Å². The molecular formula is C19H27N5O. The molecule has 3 rings (SSSR count). The zero-order chi connectivity index (χ0) is 17.8. The van der Waals surface area contributed by atoms with Crippen LogP contribution in [0.2, 0.25) is 0 Å². The second kappa shape index (κ2) is 7.78. The van der Waals surface area contributed by atoms with Crippen molar-refractivity contribution in [2.75, 3.05) is 20.1 Å². The highest BCUT2D eigenvalue weighted by atomic mass is 16.1. The van der Waals surface area contributed by atoms with Gasteiger partial charge >= 0.3 is 0 Å². The highest BCUT2D eigenvalue weighted by Crippen LogP contribution is 2.22. The summed E-state index contributed by atoms with van der Waals surface area (Å²) < 4.78 is 1.77. The zero-order valence-electron chi connectivity index (χ0n) is 15.3. The van der Waals surface area contributed by atoms with Crippen LogP contribution in [0, 0.1) is 0 Å². The molecule has 0 saturated carbocycles. The topological polar surface area (TPSA) is 63.1 Å².